The van der Waals surface area contributed by atoms with Crippen molar-refractivity contribution in [2.24, 2.45) is 0 Å². The van der Waals surface area contributed by atoms with Gasteiger partial charge in [0, 0.05) is 13.1 Å². The van der Waals surface area contributed by atoms with Gasteiger partial charge in [0.1, 0.15) is 6.04 Å². The molecular formula is C22H28ClN3O2S. The molecule has 0 aliphatic rings. The van der Waals surface area contributed by atoms with E-state index < -0.39 is 6.04 Å². The average molecular weight is 434 g/mol. The molecule has 0 aromatic heterocycles. The van der Waals surface area contributed by atoms with Crippen LogP contribution < -0.4 is 10.6 Å². The van der Waals surface area contributed by atoms with Gasteiger partial charge in [-0.3, -0.25) is 9.59 Å². The Morgan fingerprint density at radius 1 is 1.07 bits per heavy atom. The molecule has 0 saturated heterocycles. The lowest BCUT2D eigenvalue weighted by Gasteiger charge is -2.19. The first-order valence-electron chi connectivity index (χ1n) is 9.45. The highest BCUT2D eigenvalue weighted by Gasteiger charge is 2.22. The van der Waals surface area contributed by atoms with Crippen LogP contribution in [0.4, 0.5) is 0 Å². The Kier molecular flexibility index (Phi) is 9.51. The molecule has 0 aliphatic carbocycles. The summed E-state index contributed by atoms with van der Waals surface area (Å²) in [6, 6.07) is 14.4. The SMILES string of the molecule is CSCC[C@H](NC(=O)c1ccccc1Cl)C(=O)NCc1ccc(CN(C)C)cc1. The minimum atomic E-state index is -0.612. The van der Waals surface area contributed by atoms with Gasteiger partial charge in [0.05, 0.1) is 10.6 Å². The molecule has 29 heavy (non-hydrogen) atoms. The van der Waals surface area contributed by atoms with Gasteiger partial charge in [-0.15, -0.1) is 0 Å². The van der Waals surface area contributed by atoms with E-state index in [0.29, 0.717) is 23.6 Å². The Labute approximate surface area is 182 Å². The van der Waals surface area contributed by atoms with E-state index in [1.807, 2.05) is 32.5 Å². The summed E-state index contributed by atoms with van der Waals surface area (Å²) in [5.41, 5.74) is 2.60. The third-order valence-electron chi connectivity index (χ3n) is 4.34. The van der Waals surface area contributed by atoms with E-state index in [2.05, 4.69) is 27.7 Å². The molecule has 0 bridgehead atoms. The predicted octanol–water partition coefficient (Wildman–Crippen LogP) is 3.57. The van der Waals surface area contributed by atoms with Gasteiger partial charge in [-0.2, -0.15) is 11.8 Å². The number of nitrogens with one attached hydrogen (secondary N) is 2. The second kappa shape index (κ2) is 11.9. The summed E-state index contributed by atoms with van der Waals surface area (Å²) in [5, 5.41) is 6.12. The summed E-state index contributed by atoms with van der Waals surface area (Å²) in [6.45, 7) is 1.29. The number of thioether (sulfide) groups is 1. The van der Waals surface area contributed by atoms with Crippen molar-refractivity contribution in [1.82, 2.24) is 15.5 Å². The summed E-state index contributed by atoms with van der Waals surface area (Å²) in [4.78, 5) is 27.4. The molecule has 0 unspecified atom stereocenters. The molecule has 2 aromatic rings. The highest BCUT2D eigenvalue weighted by atomic mass is 35.5. The fraction of sp³-hybridized carbons (Fsp3) is 0.364. The molecular weight excluding hydrogens is 406 g/mol. The third-order valence-corrected chi connectivity index (χ3v) is 5.31. The van der Waals surface area contributed by atoms with Crippen molar-refractivity contribution in [3.8, 4) is 0 Å². The van der Waals surface area contributed by atoms with Crippen molar-refractivity contribution in [3.05, 3.63) is 70.2 Å². The van der Waals surface area contributed by atoms with E-state index in [1.54, 1.807) is 36.0 Å². The fourth-order valence-electron chi connectivity index (χ4n) is 2.83. The number of benzene rings is 2. The highest BCUT2D eigenvalue weighted by Crippen LogP contribution is 2.15. The number of amides is 2. The highest BCUT2D eigenvalue weighted by molar-refractivity contribution is 7.98. The van der Waals surface area contributed by atoms with E-state index in [0.717, 1.165) is 17.9 Å². The summed E-state index contributed by atoms with van der Waals surface area (Å²) < 4.78 is 0. The molecule has 0 fully saturated rings. The normalized spacial score (nSPS) is 11.9. The van der Waals surface area contributed by atoms with E-state index in [4.69, 9.17) is 11.6 Å². The van der Waals surface area contributed by atoms with Crippen LogP contribution in [0.15, 0.2) is 48.5 Å². The Morgan fingerprint density at radius 3 is 2.34 bits per heavy atom. The third kappa shape index (κ3) is 7.72. The number of rotatable bonds is 10. The molecule has 0 saturated carbocycles. The van der Waals surface area contributed by atoms with Crippen molar-refractivity contribution >= 4 is 35.2 Å². The smallest absolute Gasteiger partial charge is 0.253 e. The first-order chi connectivity index (χ1) is 13.9. The molecule has 0 heterocycles. The first kappa shape index (κ1) is 23.3. The van der Waals surface area contributed by atoms with Crippen molar-refractivity contribution in [1.29, 1.82) is 0 Å². The Morgan fingerprint density at radius 2 is 1.72 bits per heavy atom. The standard InChI is InChI=1S/C22H28ClN3O2S/c1-26(2)15-17-10-8-16(9-11-17)14-24-22(28)20(12-13-29-3)25-21(27)18-6-4-5-7-19(18)23/h4-11,20H,12-15H2,1-3H3,(H,24,28)(H,25,27)/t20-/m0/s1. The molecule has 7 heteroatoms. The van der Waals surface area contributed by atoms with Gasteiger partial charge < -0.3 is 15.5 Å². The van der Waals surface area contributed by atoms with E-state index in [-0.39, 0.29) is 11.8 Å². The zero-order valence-electron chi connectivity index (χ0n) is 17.1. The molecule has 5 nitrogen and oxygen atoms in total. The summed E-state index contributed by atoms with van der Waals surface area (Å²) in [6.07, 6.45) is 2.52. The zero-order valence-corrected chi connectivity index (χ0v) is 18.6. The Bertz CT molecular complexity index is 812. The van der Waals surface area contributed by atoms with Gasteiger partial charge in [0.25, 0.3) is 5.91 Å². The topological polar surface area (TPSA) is 61.4 Å². The van der Waals surface area contributed by atoms with Gasteiger partial charge in [0.15, 0.2) is 0 Å². The number of hydrogen-bond acceptors (Lipinski definition) is 4. The Balaban J connectivity index is 1.97. The molecule has 0 radical (unpaired) electrons. The zero-order chi connectivity index (χ0) is 21.2. The first-order valence-corrected chi connectivity index (χ1v) is 11.2. The van der Waals surface area contributed by atoms with Gasteiger partial charge in [-0.25, -0.2) is 0 Å². The van der Waals surface area contributed by atoms with Crippen LogP contribution in [0, 0.1) is 0 Å². The largest absolute Gasteiger partial charge is 0.350 e. The molecule has 1 atom stereocenters. The van der Waals surface area contributed by atoms with Crippen LogP contribution in [0.5, 0.6) is 0 Å². The maximum Gasteiger partial charge on any atom is 0.253 e. The van der Waals surface area contributed by atoms with Crippen molar-refractivity contribution < 1.29 is 9.59 Å². The van der Waals surface area contributed by atoms with Gasteiger partial charge >= 0.3 is 0 Å². The lowest BCUT2D eigenvalue weighted by molar-refractivity contribution is -0.123. The van der Waals surface area contributed by atoms with Crippen LogP contribution in [0.1, 0.15) is 27.9 Å². The van der Waals surface area contributed by atoms with E-state index in [1.165, 1.54) is 5.56 Å². The molecule has 2 rings (SSSR count). The van der Waals surface area contributed by atoms with Crippen molar-refractivity contribution in [3.63, 3.8) is 0 Å². The summed E-state index contributed by atoms with van der Waals surface area (Å²) >= 11 is 7.74. The lowest BCUT2D eigenvalue weighted by Crippen LogP contribution is -2.47. The predicted molar refractivity (Wildman–Crippen MR) is 121 cm³/mol. The van der Waals surface area contributed by atoms with Crippen LogP contribution in [0.25, 0.3) is 0 Å². The van der Waals surface area contributed by atoms with Gasteiger partial charge in [-0.1, -0.05) is 48.0 Å². The molecule has 156 valence electrons. The second-order valence-electron chi connectivity index (χ2n) is 7.06. The summed E-state index contributed by atoms with van der Waals surface area (Å²) in [5.74, 6) is 0.224. The van der Waals surface area contributed by atoms with Crippen molar-refractivity contribution in [2.75, 3.05) is 26.1 Å². The van der Waals surface area contributed by atoms with E-state index in [9.17, 15) is 9.59 Å². The average Bonchev–Trinajstić information content (AvgIpc) is 2.70. The maximum absolute atomic E-state index is 12.7. The number of halogens is 1. The number of carbonyl (C=O) groups is 2. The van der Waals surface area contributed by atoms with Crippen LogP contribution in [0.3, 0.4) is 0 Å². The maximum atomic E-state index is 12.7. The molecule has 2 amide bonds. The minimum absolute atomic E-state index is 0.197. The quantitative estimate of drug-likeness (QED) is 0.601. The number of nitrogens with zero attached hydrogens (tertiary/aromatic N) is 1. The summed E-state index contributed by atoms with van der Waals surface area (Å²) in [7, 11) is 4.06. The number of hydrogen-bond donors (Lipinski definition) is 2. The van der Waals surface area contributed by atoms with Gasteiger partial charge in [0.2, 0.25) is 5.91 Å². The second-order valence-corrected chi connectivity index (χ2v) is 8.45. The molecule has 2 N–H and O–H groups in total. The van der Waals surface area contributed by atoms with Crippen LogP contribution in [-0.2, 0) is 17.9 Å². The van der Waals surface area contributed by atoms with Crippen LogP contribution in [-0.4, -0.2) is 48.9 Å². The van der Waals surface area contributed by atoms with Gasteiger partial charge in [-0.05, 0) is 55.8 Å². The van der Waals surface area contributed by atoms with E-state index >= 15 is 0 Å². The Hall–Kier alpha value is -2.02. The fourth-order valence-corrected chi connectivity index (χ4v) is 3.52. The lowest BCUT2D eigenvalue weighted by atomic mass is 10.1. The monoisotopic (exact) mass is 433 g/mol. The van der Waals surface area contributed by atoms with Crippen molar-refractivity contribution in [2.45, 2.75) is 25.6 Å². The molecule has 0 spiro atoms. The molecule has 2 aromatic carbocycles. The minimum Gasteiger partial charge on any atom is -0.350 e. The van der Waals surface area contributed by atoms with Crippen LogP contribution >= 0.6 is 23.4 Å². The number of carbonyl (C=O) groups excluding carboxylic acids is 2. The molecule has 0 aliphatic heterocycles. The van der Waals surface area contributed by atoms with Crippen LogP contribution in [0.2, 0.25) is 5.02 Å².